The maximum absolute atomic E-state index is 6.08. The number of aromatic nitrogens is 2. The second-order valence-corrected chi connectivity index (χ2v) is 9.62. The van der Waals surface area contributed by atoms with E-state index >= 15 is 0 Å². The molecule has 1 fully saturated rings. The number of ether oxygens (including phenoxy) is 1. The average molecular weight is 404 g/mol. The molecule has 0 aliphatic carbocycles. The lowest BCUT2D eigenvalue weighted by atomic mass is 9.99. The standard InChI is InChI=1S/C26H33N3O/c1-18-12-14-29(15-13-18)25-22-11-10-19(2)16-23(22)27-24(28-25)21-9-7-6-8-20(21)17-30-26(3,4)5/h6-11,16,18H,12-15,17H2,1-5H3. The predicted molar refractivity (Wildman–Crippen MR) is 125 cm³/mol. The van der Waals surface area contributed by atoms with Gasteiger partial charge in [-0.3, -0.25) is 0 Å². The lowest BCUT2D eigenvalue weighted by Crippen LogP contribution is -2.33. The second-order valence-electron chi connectivity index (χ2n) is 9.62. The van der Waals surface area contributed by atoms with Crippen LogP contribution in [0.2, 0.25) is 0 Å². The molecule has 0 radical (unpaired) electrons. The van der Waals surface area contributed by atoms with Crippen molar-refractivity contribution < 1.29 is 4.74 Å². The molecule has 0 saturated carbocycles. The Balaban J connectivity index is 1.80. The molecule has 0 amide bonds. The monoisotopic (exact) mass is 403 g/mol. The van der Waals surface area contributed by atoms with E-state index in [9.17, 15) is 0 Å². The summed E-state index contributed by atoms with van der Waals surface area (Å²) in [6, 6.07) is 14.9. The SMILES string of the molecule is Cc1ccc2c(N3CCC(C)CC3)nc(-c3ccccc3COC(C)(C)C)nc2c1. The van der Waals surface area contributed by atoms with E-state index in [2.05, 4.69) is 82.0 Å². The molecule has 158 valence electrons. The molecular weight excluding hydrogens is 370 g/mol. The summed E-state index contributed by atoms with van der Waals surface area (Å²) in [5.74, 6) is 2.63. The number of hydrogen-bond acceptors (Lipinski definition) is 4. The molecule has 1 aliphatic heterocycles. The summed E-state index contributed by atoms with van der Waals surface area (Å²) < 4.78 is 6.08. The van der Waals surface area contributed by atoms with E-state index in [4.69, 9.17) is 14.7 Å². The summed E-state index contributed by atoms with van der Waals surface area (Å²) in [7, 11) is 0. The fourth-order valence-corrected chi connectivity index (χ4v) is 3.96. The van der Waals surface area contributed by atoms with Gasteiger partial charge in [0.2, 0.25) is 0 Å². The van der Waals surface area contributed by atoms with Crippen LogP contribution in [0.25, 0.3) is 22.3 Å². The third-order valence-electron chi connectivity index (χ3n) is 5.83. The molecule has 4 heteroatoms. The Hall–Kier alpha value is -2.46. The molecule has 0 bridgehead atoms. The molecule has 1 saturated heterocycles. The van der Waals surface area contributed by atoms with Crippen molar-refractivity contribution in [3.63, 3.8) is 0 Å². The van der Waals surface area contributed by atoms with Crippen molar-refractivity contribution in [3.8, 4) is 11.4 Å². The summed E-state index contributed by atoms with van der Waals surface area (Å²) in [5.41, 5.74) is 4.22. The van der Waals surface area contributed by atoms with Gasteiger partial charge in [-0.25, -0.2) is 9.97 Å². The second kappa shape index (κ2) is 8.35. The molecule has 4 rings (SSSR count). The van der Waals surface area contributed by atoms with Crippen LogP contribution in [-0.4, -0.2) is 28.7 Å². The first-order valence-corrected chi connectivity index (χ1v) is 11.1. The highest BCUT2D eigenvalue weighted by Crippen LogP contribution is 2.32. The highest BCUT2D eigenvalue weighted by molar-refractivity contribution is 5.91. The van der Waals surface area contributed by atoms with Crippen molar-refractivity contribution in [2.75, 3.05) is 18.0 Å². The number of anilines is 1. The molecule has 1 aliphatic rings. The quantitative estimate of drug-likeness (QED) is 0.523. The molecule has 0 unspecified atom stereocenters. The predicted octanol–water partition coefficient (Wildman–Crippen LogP) is 6.16. The van der Waals surface area contributed by atoms with E-state index in [-0.39, 0.29) is 5.60 Å². The van der Waals surface area contributed by atoms with Crippen molar-refractivity contribution in [1.82, 2.24) is 9.97 Å². The van der Waals surface area contributed by atoms with Crippen LogP contribution in [0.1, 0.15) is 51.7 Å². The normalized spacial score (nSPS) is 15.7. The Kier molecular flexibility index (Phi) is 5.79. The van der Waals surface area contributed by atoms with Crippen LogP contribution in [0.3, 0.4) is 0 Å². The van der Waals surface area contributed by atoms with Crippen molar-refractivity contribution in [2.24, 2.45) is 5.92 Å². The molecule has 30 heavy (non-hydrogen) atoms. The molecule has 1 aromatic heterocycles. The number of hydrogen-bond donors (Lipinski definition) is 0. The fraction of sp³-hybridized carbons (Fsp3) is 0.462. The number of fused-ring (bicyclic) bond motifs is 1. The van der Waals surface area contributed by atoms with Gasteiger partial charge in [0.25, 0.3) is 0 Å². The Morgan fingerprint density at radius 1 is 1.03 bits per heavy atom. The lowest BCUT2D eigenvalue weighted by molar-refractivity contribution is -0.0147. The number of rotatable bonds is 4. The maximum atomic E-state index is 6.08. The minimum absolute atomic E-state index is 0.190. The fourth-order valence-electron chi connectivity index (χ4n) is 3.96. The zero-order valence-electron chi connectivity index (χ0n) is 18.9. The summed E-state index contributed by atoms with van der Waals surface area (Å²) in [6.45, 7) is 13.4. The number of aryl methyl sites for hydroxylation is 1. The Morgan fingerprint density at radius 3 is 2.50 bits per heavy atom. The third kappa shape index (κ3) is 4.65. The first-order valence-electron chi connectivity index (χ1n) is 11.1. The first kappa shape index (κ1) is 20.8. The van der Waals surface area contributed by atoms with Crippen LogP contribution in [0, 0.1) is 12.8 Å². The van der Waals surface area contributed by atoms with Crippen LogP contribution in [0.15, 0.2) is 42.5 Å². The van der Waals surface area contributed by atoms with Gasteiger partial charge in [0.05, 0.1) is 17.7 Å². The number of benzene rings is 2. The summed E-state index contributed by atoms with van der Waals surface area (Å²) in [4.78, 5) is 12.5. The van der Waals surface area contributed by atoms with Gasteiger partial charge in [-0.05, 0) is 69.7 Å². The zero-order valence-corrected chi connectivity index (χ0v) is 18.9. The zero-order chi connectivity index (χ0) is 21.3. The van der Waals surface area contributed by atoms with E-state index in [1.54, 1.807) is 0 Å². The van der Waals surface area contributed by atoms with Gasteiger partial charge in [-0.1, -0.05) is 37.3 Å². The maximum Gasteiger partial charge on any atom is 0.162 e. The van der Waals surface area contributed by atoms with Gasteiger partial charge in [0, 0.05) is 24.0 Å². The molecule has 4 nitrogen and oxygen atoms in total. The highest BCUT2D eigenvalue weighted by atomic mass is 16.5. The summed E-state index contributed by atoms with van der Waals surface area (Å²) in [5, 5.41) is 1.14. The minimum Gasteiger partial charge on any atom is -0.371 e. The number of piperidine rings is 1. The van der Waals surface area contributed by atoms with E-state index in [0.29, 0.717) is 6.61 Å². The van der Waals surface area contributed by atoms with Crippen LogP contribution in [-0.2, 0) is 11.3 Å². The molecule has 2 aromatic carbocycles. The van der Waals surface area contributed by atoms with Gasteiger partial charge in [-0.15, -0.1) is 0 Å². The van der Waals surface area contributed by atoms with Crippen molar-refractivity contribution in [2.45, 2.75) is 59.7 Å². The van der Waals surface area contributed by atoms with Crippen LogP contribution < -0.4 is 4.90 Å². The van der Waals surface area contributed by atoms with E-state index in [1.165, 1.54) is 18.4 Å². The van der Waals surface area contributed by atoms with Crippen molar-refractivity contribution in [1.29, 1.82) is 0 Å². The topological polar surface area (TPSA) is 38.2 Å². The third-order valence-corrected chi connectivity index (χ3v) is 5.83. The lowest BCUT2D eigenvalue weighted by Gasteiger charge is -2.32. The van der Waals surface area contributed by atoms with Crippen LogP contribution in [0.4, 0.5) is 5.82 Å². The molecule has 0 N–H and O–H groups in total. The molecule has 0 spiro atoms. The highest BCUT2D eigenvalue weighted by Gasteiger charge is 2.21. The van der Waals surface area contributed by atoms with Gasteiger partial charge >= 0.3 is 0 Å². The molecule has 3 aromatic rings. The van der Waals surface area contributed by atoms with Crippen LogP contribution in [0.5, 0.6) is 0 Å². The largest absolute Gasteiger partial charge is 0.371 e. The summed E-state index contributed by atoms with van der Waals surface area (Å²) >= 11 is 0. The Morgan fingerprint density at radius 2 is 1.77 bits per heavy atom. The summed E-state index contributed by atoms with van der Waals surface area (Å²) in [6.07, 6.45) is 2.42. The van der Waals surface area contributed by atoms with Gasteiger partial charge in [0.1, 0.15) is 5.82 Å². The molecular formula is C26H33N3O. The van der Waals surface area contributed by atoms with Crippen LogP contribution >= 0.6 is 0 Å². The Bertz CT molecular complexity index is 1030. The number of nitrogens with zero attached hydrogens (tertiary/aromatic N) is 3. The van der Waals surface area contributed by atoms with Crippen molar-refractivity contribution >= 4 is 16.7 Å². The van der Waals surface area contributed by atoms with Crippen molar-refractivity contribution in [3.05, 3.63) is 53.6 Å². The first-order chi connectivity index (χ1) is 14.3. The van der Waals surface area contributed by atoms with E-state index in [0.717, 1.165) is 52.7 Å². The molecule has 0 atom stereocenters. The minimum atomic E-state index is -0.190. The van der Waals surface area contributed by atoms with Gasteiger partial charge in [-0.2, -0.15) is 0 Å². The smallest absolute Gasteiger partial charge is 0.162 e. The average Bonchev–Trinajstić information content (AvgIpc) is 2.71. The Labute approximate surface area is 180 Å². The van der Waals surface area contributed by atoms with E-state index < -0.39 is 0 Å². The molecule has 2 heterocycles. The van der Waals surface area contributed by atoms with E-state index in [1.807, 2.05) is 0 Å². The van der Waals surface area contributed by atoms with Gasteiger partial charge < -0.3 is 9.64 Å². The van der Waals surface area contributed by atoms with Gasteiger partial charge in [0.15, 0.2) is 5.82 Å².